The number of nitrogens with two attached hydrogens (primary N) is 1. The Balaban J connectivity index is 0.00000196. The van der Waals surface area contributed by atoms with Crippen LogP contribution in [0.2, 0.25) is 0 Å². The summed E-state index contributed by atoms with van der Waals surface area (Å²) >= 11 is 0. The van der Waals surface area contributed by atoms with Crippen LogP contribution in [0.1, 0.15) is 43.9 Å². The Hall–Kier alpha value is -0.730. The van der Waals surface area contributed by atoms with Crippen LogP contribution in [0.15, 0.2) is 18.2 Å². The van der Waals surface area contributed by atoms with Gasteiger partial charge in [0, 0.05) is 11.6 Å². The van der Waals surface area contributed by atoms with Gasteiger partial charge in [-0.2, -0.15) is 0 Å². The van der Waals surface area contributed by atoms with Crippen LogP contribution in [0.25, 0.3) is 0 Å². The van der Waals surface area contributed by atoms with Crippen molar-refractivity contribution in [1.82, 2.24) is 0 Å². The first-order valence-corrected chi connectivity index (χ1v) is 5.27. The SMILES string of the molecule is CCC[C@H](N)c1cccc(CC)c1O.Cl. The van der Waals surface area contributed by atoms with Gasteiger partial charge in [-0.3, -0.25) is 0 Å². The van der Waals surface area contributed by atoms with E-state index < -0.39 is 0 Å². The van der Waals surface area contributed by atoms with E-state index in [-0.39, 0.29) is 18.4 Å². The lowest BCUT2D eigenvalue weighted by atomic mass is 9.98. The summed E-state index contributed by atoms with van der Waals surface area (Å²) in [5.41, 5.74) is 7.83. The molecule has 86 valence electrons. The molecule has 0 unspecified atom stereocenters. The average molecular weight is 230 g/mol. The first-order chi connectivity index (χ1) is 6.70. The smallest absolute Gasteiger partial charge is 0.123 e. The zero-order valence-electron chi connectivity index (χ0n) is 9.36. The predicted octanol–water partition coefficient (Wildman–Crippen LogP) is 3.18. The fraction of sp³-hybridized carbons (Fsp3) is 0.500. The van der Waals surface area contributed by atoms with Gasteiger partial charge in [-0.25, -0.2) is 0 Å². The number of hydrogen-bond acceptors (Lipinski definition) is 2. The second kappa shape index (κ2) is 6.70. The van der Waals surface area contributed by atoms with Gasteiger partial charge in [-0.05, 0) is 18.4 Å². The molecule has 1 rings (SSSR count). The highest BCUT2D eigenvalue weighted by molar-refractivity contribution is 5.85. The lowest BCUT2D eigenvalue weighted by Crippen LogP contribution is -2.10. The van der Waals surface area contributed by atoms with Crippen molar-refractivity contribution in [3.05, 3.63) is 29.3 Å². The van der Waals surface area contributed by atoms with E-state index in [2.05, 4.69) is 6.92 Å². The first kappa shape index (κ1) is 14.3. The molecule has 15 heavy (non-hydrogen) atoms. The van der Waals surface area contributed by atoms with Crippen molar-refractivity contribution in [2.24, 2.45) is 5.73 Å². The van der Waals surface area contributed by atoms with Gasteiger partial charge < -0.3 is 10.8 Å². The van der Waals surface area contributed by atoms with Gasteiger partial charge in [0.1, 0.15) is 5.75 Å². The number of halogens is 1. The van der Waals surface area contributed by atoms with Crippen LogP contribution in [-0.4, -0.2) is 5.11 Å². The van der Waals surface area contributed by atoms with Gasteiger partial charge in [0.2, 0.25) is 0 Å². The second-order valence-corrected chi connectivity index (χ2v) is 3.60. The van der Waals surface area contributed by atoms with Crippen molar-refractivity contribution in [1.29, 1.82) is 0 Å². The van der Waals surface area contributed by atoms with E-state index in [1.54, 1.807) is 0 Å². The monoisotopic (exact) mass is 229 g/mol. The minimum absolute atomic E-state index is 0. The Morgan fingerprint density at radius 2 is 2.00 bits per heavy atom. The molecule has 0 aliphatic carbocycles. The fourth-order valence-corrected chi connectivity index (χ4v) is 1.66. The Morgan fingerprint density at radius 1 is 1.33 bits per heavy atom. The van der Waals surface area contributed by atoms with Crippen LogP contribution in [0.5, 0.6) is 5.75 Å². The summed E-state index contributed by atoms with van der Waals surface area (Å²) in [5, 5.41) is 9.91. The molecule has 0 aromatic heterocycles. The van der Waals surface area contributed by atoms with E-state index in [4.69, 9.17) is 5.73 Å². The molecule has 0 saturated carbocycles. The van der Waals surface area contributed by atoms with Crippen LogP contribution in [0.3, 0.4) is 0 Å². The molecule has 1 aromatic carbocycles. The van der Waals surface area contributed by atoms with E-state index >= 15 is 0 Å². The van der Waals surface area contributed by atoms with Crippen molar-refractivity contribution in [3.63, 3.8) is 0 Å². The maximum Gasteiger partial charge on any atom is 0.123 e. The summed E-state index contributed by atoms with van der Waals surface area (Å²) in [6.07, 6.45) is 2.80. The molecule has 0 aliphatic heterocycles. The molecule has 0 heterocycles. The molecule has 3 heteroatoms. The lowest BCUT2D eigenvalue weighted by molar-refractivity contribution is 0.452. The summed E-state index contributed by atoms with van der Waals surface area (Å²) in [4.78, 5) is 0. The molecule has 3 N–H and O–H groups in total. The summed E-state index contributed by atoms with van der Waals surface area (Å²) < 4.78 is 0. The zero-order chi connectivity index (χ0) is 10.6. The van der Waals surface area contributed by atoms with Gasteiger partial charge >= 0.3 is 0 Å². The van der Waals surface area contributed by atoms with Crippen LogP contribution in [0.4, 0.5) is 0 Å². The van der Waals surface area contributed by atoms with Crippen LogP contribution >= 0.6 is 12.4 Å². The maximum absolute atomic E-state index is 9.91. The Morgan fingerprint density at radius 3 is 2.53 bits per heavy atom. The average Bonchev–Trinajstić information content (AvgIpc) is 2.18. The van der Waals surface area contributed by atoms with Crippen molar-refractivity contribution in [2.75, 3.05) is 0 Å². The van der Waals surface area contributed by atoms with Crippen LogP contribution in [-0.2, 0) is 6.42 Å². The number of phenolic OH excluding ortho intramolecular Hbond substituents is 1. The van der Waals surface area contributed by atoms with Gasteiger partial charge in [0.05, 0.1) is 0 Å². The van der Waals surface area contributed by atoms with Gasteiger partial charge in [0.25, 0.3) is 0 Å². The predicted molar refractivity (Wildman–Crippen MR) is 66.6 cm³/mol. The third-order valence-electron chi connectivity index (χ3n) is 2.53. The third kappa shape index (κ3) is 3.40. The van der Waals surface area contributed by atoms with Crippen molar-refractivity contribution in [3.8, 4) is 5.75 Å². The number of benzene rings is 1. The molecule has 0 spiro atoms. The van der Waals surface area contributed by atoms with E-state index in [1.807, 2.05) is 25.1 Å². The Labute approximate surface area is 97.9 Å². The third-order valence-corrected chi connectivity index (χ3v) is 2.53. The van der Waals surface area contributed by atoms with Crippen LogP contribution in [0, 0.1) is 0 Å². The Bertz CT molecular complexity index is 302. The molecule has 0 saturated heterocycles. The molecule has 0 amide bonds. The summed E-state index contributed by atoms with van der Waals surface area (Å²) in [6, 6.07) is 5.78. The molecular weight excluding hydrogens is 210 g/mol. The number of aryl methyl sites for hydroxylation is 1. The molecular formula is C12H20ClNO. The normalized spacial score (nSPS) is 11.9. The summed E-state index contributed by atoms with van der Waals surface area (Å²) in [6.45, 7) is 4.13. The Kier molecular flexibility index (Phi) is 6.37. The quantitative estimate of drug-likeness (QED) is 0.833. The van der Waals surface area contributed by atoms with E-state index in [0.717, 1.165) is 30.4 Å². The highest BCUT2D eigenvalue weighted by Crippen LogP contribution is 2.29. The second-order valence-electron chi connectivity index (χ2n) is 3.60. The molecule has 1 atom stereocenters. The number of rotatable bonds is 4. The summed E-state index contributed by atoms with van der Waals surface area (Å²) in [5.74, 6) is 0.385. The van der Waals surface area contributed by atoms with Crippen molar-refractivity contribution in [2.45, 2.75) is 39.2 Å². The number of aromatic hydroxyl groups is 1. The molecule has 0 aliphatic rings. The highest BCUT2D eigenvalue weighted by atomic mass is 35.5. The molecule has 2 nitrogen and oxygen atoms in total. The zero-order valence-corrected chi connectivity index (χ0v) is 10.2. The van der Waals surface area contributed by atoms with E-state index in [0.29, 0.717) is 5.75 Å². The lowest BCUT2D eigenvalue weighted by Gasteiger charge is -2.14. The standard InChI is InChI=1S/C12H19NO.ClH/c1-3-6-11(13)10-8-5-7-9(4-2)12(10)14;/h5,7-8,11,14H,3-4,6,13H2,1-2H3;1H/t11-;/m0./s1. The molecule has 0 fully saturated rings. The van der Waals surface area contributed by atoms with Gasteiger partial charge in [-0.1, -0.05) is 38.5 Å². The number of para-hydroxylation sites is 1. The van der Waals surface area contributed by atoms with Gasteiger partial charge in [-0.15, -0.1) is 12.4 Å². The maximum atomic E-state index is 9.91. The molecule has 0 bridgehead atoms. The largest absolute Gasteiger partial charge is 0.507 e. The van der Waals surface area contributed by atoms with E-state index in [1.165, 1.54) is 0 Å². The fourth-order valence-electron chi connectivity index (χ4n) is 1.66. The van der Waals surface area contributed by atoms with Gasteiger partial charge in [0.15, 0.2) is 0 Å². The minimum atomic E-state index is -0.0356. The highest BCUT2D eigenvalue weighted by Gasteiger charge is 2.11. The topological polar surface area (TPSA) is 46.2 Å². The first-order valence-electron chi connectivity index (χ1n) is 5.27. The minimum Gasteiger partial charge on any atom is -0.507 e. The molecule has 0 radical (unpaired) electrons. The van der Waals surface area contributed by atoms with E-state index in [9.17, 15) is 5.11 Å². The number of hydrogen-bond donors (Lipinski definition) is 2. The number of phenols is 1. The van der Waals surface area contributed by atoms with Crippen LogP contribution < -0.4 is 5.73 Å². The summed E-state index contributed by atoms with van der Waals surface area (Å²) in [7, 11) is 0. The van der Waals surface area contributed by atoms with Crippen molar-refractivity contribution < 1.29 is 5.11 Å². The van der Waals surface area contributed by atoms with Crippen molar-refractivity contribution >= 4 is 12.4 Å². The molecule has 1 aromatic rings.